The Morgan fingerprint density at radius 1 is 1.39 bits per heavy atom. The summed E-state index contributed by atoms with van der Waals surface area (Å²) < 4.78 is 42.1. The van der Waals surface area contributed by atoms with Crippen LogP contribution in [0.4, 0.5) is 19.0 Å². The molecule has 1 N–H and O–H groups in total. The van der Waals surface area contributed by atoms with Gasteiger partial charge in [-0.25, -0.2) is 4.98 Å². The first-order valence-electron chi connectivity index (χ1n) is 5.76. The van der Waals surface area contributed by atoms with E-state index in [1.807, 2.05) is 6.92 Å². The SMILES string of the molecule is CCCC(COC)Nc1ccc(C(F)(F)F)cn1. The van der Waals surface area contributed by atoms with E-state index in [0.29, 0.717) is 12.4 Å². The van der Waals surface area contributed by atoms with Gasteiger partial charge in [0, 0.05) is 13.3 Å². The lowest BCUT2D eigenvalue weighted by Gasteiger charge is -2.18. The van der Waals surface area contributed by atoms with Gasteiger partial charge in [0.15, 0.2) is 0 Å². The van der Waals surface area contributed by atoms with E-state index >= 15 is 0 Å². The third kappa shape index (κ3) is 4.52. The first kappa shape index (κ1) is 14.8. The van der Waals surface area contributed by atoms with Crippen LogP contribution >= 0.6 is 0 Å². The van der Waals surface area contributed by atoms with E-state index in [9.17, 15) is 13.2 Å². The molecule has 1 unspecified atom stereocenters. The van der Waals surface area contributed by atoms with E-state index in [-0.39, 0.29) is 6.04 Å². The smallest absolute Gasteiger partial charge is 0.383 e. The maximum atomic E-state index is 12.3. The van der Waals surface area contributed by atoms with Gasteiger partial charge in [-0.3, -0.25) is 0 Å². The molecule has 0 radical (unpaired) electrons. The van der Waals surface area contributed by atoms with Crippen LogP contribution in [0, 0.1) is 0 Å². The molecule has 1 rings (SSSR count). The summed E-state index contributed by atoms with van der Waals surface area (Å²) in [6.45, 7) is 2.53. The van der Waals surface area contributed by atoms with E-state index in [1.165, 1.54) is 6.07 Å². The first-order valence-corrected chi connectivity index (χ1v) is 5.76. The Balaban J connectivity index is 2.67. The van der Waals surface area contributed by atoms with Gasteiger partial charge < -0.3 is 10.1 Å². The number of hydrogen-bond donors (Lipinski definition) is 1. The number of halogens is 3. The van der Waals surface area contributed by atoms with Crippen LogP contribution in [-0.2, 0) is 10.9 Å². The molecule has 0 aliphatic rings. The Bertz CT molecular complexity index is 345. The van der Waals surface area contributed by atoms with Gasteiger partial charge in [-0.05, 0) is 18.6 Å². The number of nitrogens with zero attached hydrogens (tertiary/aromatic N) is 1. The number of anilines is 1. The first-order chi connectivity index (χ1) is 8.47. The third-order valence-corrected chi connectivity index (χ3v) is 2.45. The van der Waals surface area contributed by atoms with Crippen molar-refractivity contribution in [2.24, 2.45) is 0 Å². The molecule has 1 heterocycles. The molecule has 0 saturated carbocycles. The second-order valence-corrected chi connectivity index (χ2v) is 4.02. The predicted molar refractivity (Wildman–Crippen MR) is 63.4 cm³/mol. The topological polar surface area (TPSA) is 34.1 Å². The van der Waals surface area contributed by atoms with Crippen molar-refractivity contribution in [3.05, 3.63) is 23.9 Å². The van der Waals surface area contributed by atoms with E-state index < -0.39 is 11.7 Å². The standard InChI is InChI=1S/C12H17F3N2O/c1-3-4-10(8-18-2)17-11-6-5-9(7-16-11)12(13,14)15/h5-7,10H,3-4,8H2,1-2H3,(H,16,17). The second kappa shape index (κ2) is 6.58. The van der Waals surface area contributed by atoms with Crippen molar-refractivity contribution in [2.45, 2.75) is 32.0 Å². The van der Waals surface area contributed by atoms with Crippen LogP contribution in [-0.4, -0.2) is 24.7 Å². The van der Waals surface area contributed by atoms with Gasteiger partial charge in [0.1, 0.15) is 5.82 Å². The van der Waals surface area contributed by atoms with E-state index in [4.69, 9.17) is 4.74 Å². The lowest BCUT2D eigenvalue weighted by atomic mass is 10.2. The Morgan fingerprint density at radius 3 is 2.56 bits per heavy atom. The molecule has 0 aromatic carbocycles. The molecule has 0 spiro atoms. The minimum atomic E-state index is -4.35. The fourth-order valence-corrected chi connectivity index (χ4v) is 1.60. The predicted octanol–water partition coefficient (Wildman–Crippen LogP) is 3.33. The van der Waals surface area contributed by atoms with E-state index in [2.05, 4.69) is 10.3 Å². The van der Waals surface area contributed by atoms with Gasteiger partial charge in [0.2, 0.25) is 0 Å². The third-order valence-electron chi connectivity index (χ3n) is 2.45. The lowest BCUT2D eigenvalue weighted by molar-refractivity contribution is -0.137. The normalized spacial score (nSPS) is 13.4. The lowest BCUT2D eigenvalue weighted by Crippen LogP contribution is -2.25. The van der Waals surface area contributed by atoms with Crippen molar-refractivity contribution in [1.82, 2.24) is 4.98 Å². The summed E-state index contributed by atoms with van der Waals surface area (Å²) >= 11 is 0. The largest absolute Gasteiger partial charge is 0.417 e. The number of nitrogens with one attached hydrogen (secondary N) is 1. The molecule has 0 aliphatic carbocycles. The van der Waals surface area contributed by atoms with Crippen LogP contribution in [0.1, 0.15) is 25.3 Å². The molecule has 1 atom stereocenters. The van der Waals surface area contributed by atoms with Crippen LogP contribution in [0.5, 0.6) is 0 Å². The zero-order valence-corrected chi connectivity index (χ0v) is 10.4. The maximum absolute atomic E-state index is 12.3. The van der Waals surface area contributed by atoms with Crippen molar-refractivity contribution < 1.29 is 17.9 Å². The molecule has 0 bridgehead atoms. The Kier molecular flexibility index (Phi) is 5.40. The zero-order chi connectivity index (χ0) is 13.6. The minimum absolute atomic E-state index is 0.0595. The molecular formula is C12H17F3N2O. The Labute approximate surface area is 104 Å². The van der Waals surface area contributed by atoms with Crippen molar-refractivity contribution in [1.29, 1.82) is 0 Å². The summed E-state index contributed by atoms with van der Waals surface area (Å²) in [5.41, 5.74) is -0.744. The van der Waals surface area contributed by atoms with E-state index in [1.54, 1.807) is 7.11 Å². The van der Waals surface area contributed by atoms with Gasteiger partial charge in [-0.1, -0.05) is 13.3 Å². The van der Waals surface area contributed by atoms with Crippen molar-refractivity contribution >= 4 is 5.82 Å². The average molecular weight is 262 g/mol. The monoisotopic (exact) mass is 262 g/mol. The number of alkyl halides is 3. The Morgan fingerprint density at radius 2 is 2.11 bits per heavy atom. The van der Waals surface area contributed by atoms with Crippen LogP contribution in [0.15, 0.2) is 18.3 Å². The molecule has 6 heteroatoms. The number of pyridine rings is 1. The molecule has 102 valence electrons. The van der Waals surface area contributed by atoms with Gasteiger partial charge in [-0.2, -0.15) is 13.2 Å². The van der Waals surface area contributed by atoms with Crippen LogP contribution in [0.25, 0.3) is 0 Å². The minimum Gasteiger partial charge on any atom is -0.383 e. The molecule has 1 aromatic heterocycles. The molecule has 0 aliphatic heterocycles. The number of ether oxygens (including phenoxy) is 1. The second-order valence-electron chi connectivity index (χ2n) is 4.02. The van der Waals surface area contributed by atoms with Crippen molar-refractivity contribution in [2.75, 3.05) is 19.0 Å². The molecule has 1 aromatic rings. The summed E-state index contributed by atoms with van der Waals surface area (Å²) in [5, 5.41) is 3.06. The van der Waals surface area contributed by atoms with Crippen LogP contribution in [0.3, 0.4) is 0 Å². The highest BCUT2D eigenvalue weighted by atomic mass is 19.4. The average Bonchev–Trinajstić information content (AvgIpc) is 2.29. The maximum Gasteiger partial charge on any atom is 0.417 e. The summed E-state index contributed by atoms with van der Waals surface area (Å²) in [6, 6.07) is 2.41. The molecule has 3 nitrogen and oxygen atoms in total. The number of methoxy groups -OCH3 is 1. The van der Waals surface area contributed by atoms with Crippen molar-refractivity contribution in [3.63, 3.8) is 0 Å². The summed E-state index contributed by atoms with van der Waals surface area (Å²) in [7, 11) is 1.59. The molecule has 18 heavy (non-hydrogen) atoms. The number of rotatable bonds is 6. The number of hydrogen-bond acceptors (Lipinski definition) is 3. The Hall–Kier alpha value is -1.30. The highest BCUT2D eigenvalue weighted by molar-refractivity contribution is 5.37. The van der Waals surface area contributed by atoms with Crippen LogP contribution < -0.4 is 5.32 Å². The number of aromatic nitrogens is 1. The van der Waals surface area contributed by atoms with E-state index in [0.717, 1.165) is 25.1 Å². The fourth-order valence-electron chi connectivity index (χ4n) is 1.60. The fraction of sp³-hybridized carbons (Fsp3) is 0.583. The summed E-state index contributed by atoms with van der Waals surface area (Å²) in [6.07, 6.45) is -1.68. The van der Waals surface area contributed by atoms with Gasteiger partial charge in [0.05, 0.1) is 18.2 Å². The van der Waals surface area contributed by atoms with Gasteiger partial charge in [-0.15, -0.1) is 0 Å². The van der Waals surface area contributed by atoms with Crippen molar-refractivity contribution in [3.8, 4) is 0 Å². The van der Waals surface area contributed by atoms with Gasteiger partial charge >= 0.3 is 6.18 Å². The molecular weight excluding hydrogens is 245 g/mol. The van der Waals surface area contributed by atoms with Gasteiger partial charge in [0.25, 0.3) is 0 Å². The summed E-state index contributed by atoms with van der Waals surface area (Å²) in [4.78, 5) is 3.76. The highest BCUT2D eigenvalue weighted by Gasteiger charge is 2.30. The highest BCUT2D eigenvalue weighted by Crippen LogP contribution is 2.28. The van der Waals surface area contributed by atoms with Crippen LogP contribution in [0.2, 0.25) is 0 Å². The zero-order valence-electron chi connectivity index (χ0n) is 10.4. The molecule has 0 fully saturated rings. The molecule has 0 saturated heterocycles. The molecule has 0 amide bonds. The summed E-state index contributed by atoms with van der Waals surface area (Å²) in [5.74, 6) is 0.429. The quantitative estimate of drug-likeness (QED) is 0.853.